The van der Waals surface area contributed by atoms with E-state index in [0.29, 0.717) is 11.4 Å². The summed E-state index contributed by atoms with van der Waals surface area (Å²) in [5.41, 5.74) is 0.288. The average Bonchev–Trinajstić information content (AvgIpc) is 3.08. The Hall–Kier alpha value is -3.36. The molecular weight excluding hydrogens is 423 g/mol. The van der Waals surface area contributed by atoms with E-state index in [1.165, 1.54) is 17.0 Å². The van der Waals surface area contributed by atoms with Gasteiger partial charge in [-0.15, -0.1) is 0 Å². The molecule has 0 radical (unpaired) electrons. The highest BCUT2D eigenvalue weighted by Crippen LogP contribution is 2.32. The highest BCUT2D eigenvalue weighted by Gasteiger charge is 2.36. The smallest absolute Gasteiger partial charge is 0.326 e. The molecule has 1 atom stereocenters. The highest BCUT2D eigenvalue weighted by molar-refractivity contribution is 6.04. The first-order valence-corrected chi connectivity index (χ1v) is 10.4. The molecule has 1 aliphatic heterocycles. The van der Waals surface area contributed by atoms with E-state index in [2.05, 4.69) is 10.6 Å². The SMILES string of the molecule is O=C(Nc1cccc(N2C[C@@H](C(=O)Nc3cccc(C(F)(F)F)c3)CC2=O)c1)C1CCC1. The van der Waals surface area contributed by atoms with Crippen LogP contribution in [0.15, 0.2) is 48.5 Å². The van der Waals surface area contributed by atoms with Gasteiger partial charge in [0.05, 0.1) is 11.5 Å². The van der Waals surface area contributed by atoms with Crippen molar-refractivity contribution >= 4 is 34.8 Å². The number of nitrogens with zero attached hydrogens (tertiary/aromatic N) is 1. The van der Waals surface area contributed by atoms with Gasteiger partial charge in [0.2, 0.25) is 17.7 Å². The van der Waals surface area contributed by atoms with Crippen LogP contribution in [-0.2, 0) is 20.6 Å². The summed E-state index contributed by atoms with van der Waals surface area (Å²) in [6.45, 7) is 0.101. The van der Waals surface area contributed by atoms with Crippen LogP contribution in [0.1, 0.15) is 31.2 Å². The summed E-state index contributed by atoms with van der Waals surface area (Å²) < 4.78 is 38.7. The monoisotopic (exact) mass is 445 g/mol. The average molecular weight is 445 g/mol. The topological polar surface area (TPSA) is 78.5 Å². The van der Waals surface area contributed by atoms with Crippen LogP contribution in [0.5, 0.6) is 0 Å². The molecule has 0 unspecified atom stereocenters. The fourth-order valence-electron chi connectivity index (χ4n) is 3.82. The Labute approximate surface area is 182 Å². The van der Waals surface area contributed by atoms with Gasteiger partial charge in [0.25, 0.3) is 0 Å². The molecule has 9 heteroatoms. The van der Waals surface area contributed by atoms with Gasteiger partial charge in [-0.25, -0.2) is 0 Å². The number of hydrogen-bond donors (Lipinski definition) is 2. The number of nitrogens with one attached hydrogen (secondary N) is 2. The van der Waals surface area contributed by atoms with E-state index in [0.717, 1.165) is 31.4 Å². The molecule has 2 aliphatic rings. The number of rotatable bonds is 5. The molecule has 6 nitrogen and oxygen atoms in total. The molecule has 2 aromatic carbocycles. The van der Waals surface area contributed by atoms with Crippen molar-refractivity contribution in [1.29, 1.82) is 0 Å². The number of benzene rings is 2. The summed E-state index contributed by atoms with van der Waals surface area (Å²) in [4.78, 5) is 38.8. The lowest BCUT2D eigenvalue weighted by molar-refractivity contribution is -0.137. The normalized spacial score (nSPS) is 18.9. The Kier molecular flexibility index (Phi) is 5.90. The van der Waals surface area contributed by atoms with Gasteiger partial charge in [0, 0.05) is 35.9 Å². The molecule has 1 aliphatic carbocycles. The maximum atomic E-state index is 12.9. The fraction of sp³-hybridized carbons (Fsp3) is 0.348. The van der Waals surface area contributed by atoms with E-state index in [4.69, 9.17) is 0 Å². The molecule has 168 valence electrons. The second-order valence-corrected chi connectivity index (χ2v) is 8.14. The third kappa shape index (κ3) is 4.76. The second-order valence-electron chi connectivity index (χ2n) is 8.14. The molecule has 2 N–H and O–H groups in total. The van der Waals surface area contributed by atoms with Crippen molar-refractivity contribution in [3.05, 3.63) is 54.1 Å². The molecular formula is C23H22F3N3O3. The van der Waals surface area contributed by atoms with Gasteiger partial charge in [-0.1, -0.05) is 18.6 Å². The summed E-state index contributed by atoms with van der Waals surface area (Å²) in [5, 5.41) is 5.34. The van der Waals surface area contributed by atoms with Gasteiger partial charge in [-0.05, 0) is 49.2 Å². The maximum Gasteiger partial charge on any atom is 0.416 e. The number of carbonyl (C=O) groups excluding carboxylic acids is 3. The van der Waals surface area contributed by atoms with Crippen LogP contribution in [0, 0.1) is 11.8 Å². The van der Waals surface area contributed by atoms with E-state index < -0.39 is 23.6 Å². The van der Waals surface area contributed by atoms with Crippen molar-refractivity contribution in [3.63, 3.8) is 0 Å². The highest BCUT2D eigenvalue weighted by atomic mass is 19.4. The molecule has 1 saturated heterocycles. The third-order valence-electron chi connectivity index (χ3n) is 5.85. The molecule has 3 amide bonds. The van der Waals surface area contributed by atoms with Crippen molar-refractivity contribution in [1.82, 2.24) is 0 Å². The van der Waals surface area contributed by atoms with Gasteiger partial charge in [-0.3, -0.25) is 14.4 Å². The molecule has 1 heterocycles. The Morgan fingerprint density at radius 1 is 0.906 bits per heavy atom. The van der Waals surface area contributed by atoms with Crippen molar-refractivity contribution in [2.45, 2.75) is 31.9 Å². The second kappa shape index (κ2) is 8.64. The van der Waals surface area contributed by atoms with Crippen LogP contribution in [0.2, 0.25) is 0 Å². The zero-order valence-electron chi connectivity index (χ0n) is 17.1. The Bertz CT molecular complexity index is 1050. The first-order chi connectivity index (χ1) is 15.2. The minimum atomic E-state index is -4.51. The Morgan fingerprint density at radius 2 is 1.53 bits per heavy atom. The number of anilines is 3. The van der Waals surface area contributed by atoms with Gasteiger partial charge >= 0.3 is 6.18 Å². The van der Waals surface area contributed by atoms with E-state index in [1.807, 2.05) is 0 Å². The lowest BCUT2D eigenvalue weighted by atomic mass is 9.85. The van der Waals surface area contributed by atoms with Crippen LogP contribution in [-0.4, -0.2) is 24.3 Å². The van der Waals surface area contributed by atoms with Crippen LogP contribution >= 0.6 is 0 Å². The summed E-state index contributed by atoms with van der Waals surface area (Å²) in [5.74, 6) is -1.51. The minimum absolute atomic E-state index is 0.0241. The largest absolute Gasteiger partial charge is 0.416 e. The number of hydrogen-bond acceptors (Lipinski definition) is 3. The maximum absolute atomic E-state index is 12.9. The molecule has 32 heavy (non-hydrogen) atoms. The molecule has 2 aromatic rings. The molecule has 0 spiro atoms. The summed E-state index contributed by atoms with van der Waals surface area (Å²) in [6, 6.07) is 11.2. The number of alkyl halides is 3. The Balaban J connectivity index is 1.41. The molecule has 0 aromatic heterocycles. The van der Waals surface area contributed by atoms with Crippen LogP contribution in [0.3, 0.4) is 0 Å². The van der Waals surface area contributed by atoms with E-state index in [1.54, 1.807) is 24.3 Å². The minimum Gasteiger partial charge on any atom is -0.326 e. The van der Waals surface area contributed by atoms with Crippen LogP contribution < -0.4 is 15.5 Å². The lowest BCUT2D eigenvalue weighted by Gasteiger charge is -2.24. The number of halogens is 3. The van der Waals surface area contributed by atoms with Crippen molar-refractivity contribution < 1.29 is 27.6 Å². The predicted octanol–water partition coefficient (Wildman–Crippen LogP) is 4.44. The zero-order valence-corrected chi connectivity index (χ0v) is 17.1. The molecule has 2 fully saturated rings. The summed E-state index contributed by atoms with van der Waals surface area (Å²) in [7, 11) is 0. The fourth-order valence-corrected chi connectivity index (χ4v) is 3.82. The van der Waals surface area contributed by atoms with Crippen LogP contribution in [0.25, 0.3) is 0 Å². The third-order valence-corrected chi connectivity index (χ3v) is 5.85. The standard InChI is InChI=1S/C23H22F3N3O3/c24-23(25,26)16-6-2-7-17(11-16)27-22(32)15-10-20(30)29(13-15)19-9-3-8-18(12-19)28-21(31)14-4-1-5-14/h2-3,6-9,11-12,14-15H,1,4-5,10,13H2,(H,27,32)(H,28,31)/t15-/m0/s1. The van der Waals surface area contributed by atoms with Gasteiger partial charge < -0.3 is 15.5 Å². The molecule has 4 rings (SSSR count). The lowest BCUT2D eigenvalue weighted by Crippen LogP contribution is -2.29. The van der Waals surface area contributed by atoms with Crippen molar-refractivity contribution in [2.75, 3.05) is 22.1 Å². The van der Waals surface area contributed by atoms with E-state index >= 15 is 0 Å². The number of carbonyl (C=O) groups is 3. The first kappa shape index (κ1) is 21.9. The van der Waals surface area contributed by atoms with Crippen LogP contribution in [0.4, 0.5) is 30.2 Å². The summed E-state index contributed by atoms with van der Waals surface area (Å²) >= 11 is 0. The van der Waals surface area contributed by atoms with Gasteiger partial charge in [0.15, 0.2) is 0 Å². The predicted molar refractivity (Wildman–Crippen MR) is 113 cm³/mol. The molecule has 1 saturated carbocycles. The number of amides is 3. The Morgan fingerprint density at radius 3 is 2.16 bits per heavy atom. The summed E-state index contributed by atoms with van der Waals surface area (Å²) in [6.07, 6.45) is -1.77. The van der Waals surface area contributed by atoms with Gasteiger partial charge in [0.1, 0.15) is 0 Å². The van der Waals surface area contributed by atoms with Crippen molar-refractivity contribution in [3.8, 4) is 0 Å². The van der Waals surface area contributed by atoms with E-state index in [9.17, 15) is 27.6 Å². The van der Waals surface area contributed by atoms with Gasteiger partial charge in [-0.2, -0.15) is 13.2 Å². The van der Waals surface area contributed by atoms with E-state index in [-0.39, 0.29) is 36.4 Å². The first-order valence-electron chi connectivity index (χ1n) is 10.4. The molecule has 0 bridgehead atoms. The zero-order chi connectivity index (χ0) is 22.9. The van der Waals surface area contributed by atoms with Crippen molar-refractivity contribution in [2.24, 2.45) is 11.8 Å². The quantitative estimate of drug-likeness (QED) is 0.715.